The van der Waals surface area contributed by atoms with E-state index in [1.807, 2.05) is 0 Å². The van der Waals surface area contributed by atoms with Crippen molar-refractivity contribution >= 4 is 12.0 Å². The third-order valence-corrected chi connectivity index (χ3v) is 3.97. The smallest absolute Gasteiger partial charge is 0.326 e. The molecule has 2 amide bonds. The molecule has 0 aromatic carbocycles. The van der Waals surface area contributed by atoms with E-state index >= 15 is 0 Å². The number of carbonyl (C=O) groups is 2. The number of urea groups is 1. The van der Waals surface area contributed by atoms with Crippen LogP contribution in [0.2, 0.25) is 0 Å². The fraction of sp³-hybridized carbons (Fsp3) is 0.846. The van der Waals surface area contributed by atoms with Crippen molar-refractivity contribution in [3.8, 4) is 0 Å². The number of hydrogen-bond acceptors (Lipinski definition) is 3. The Balaban J connectivity index is 1.91. The van der Waals surface area contributed by atoms with Crippen molar-refractivity contribution in [3.05, 3.63) is 0 Å². The van der Waals surface area contributed by atoms with Crippen LogP contribution in [0.4, 0.5) is 4.79 Å². The Morgan fingerprint density at radius 3 is 2.37 bits per heavy atom. The fourth-order valence-electron chi connectivity index (χ4n) is 2.42. The summed E-state index contributed by atoms with van der Waals surface area (Å²) in [6.45, 7) is 0.533. The molecule has 0 aliphatic heterocycles. The van der Waals surface area contributed by atoms with Crippen LogP contribution in [0.25, 0.3) is 0 Å². The summed E-state index contributed by atoms with van der Waals surface area (Å²) in [5.41, 5.74) is 0. The molecule has 0 spiro atoms. The van der Waals surface area contributed by atoms with Crippen LogP contribution in [0.1, 0.15) is 38.5 Å². The van der Waals surface area contributed by atoms with Crippen LogP contribution in [0.15, 0.2) is 0 Å². The lowest BCUT2D eigenvalue weighted by Crippen LogP contribution is -2.54. The SMILES string of the molecule is O=C(O)C(NC(=O)N(CCCO)C1CCC1)C1CC1. The summed E-state index contributed by atoms with van der Waals surface area (Å²) in [5.74, 6) is -0.867. The minimum Gasteiger partial charge on any atom is -0.480 e. The molecule has 2 rings (SSSR count). The Kier molecular flexibility index (Phi) is 4.63. The van der Waals surface area contributed by atoms with Gasteiger partial charge in [-0.3, -0.25) is 0 Å². The van der Waals surface area contributed by atoms with Gasteiger partial charge in [-0.15, -0.1) is 0 Å². The second kappa shape index (κ2) is 6.23. The molecule has 2 fully saturated rings. The van der Waals surface area contributed by atoms with Crippen molar-refractivity contribution in [1.29, 1.82) is 0 Å². The number of rotatable bonds is 7. The quantitative estimate of drug-likeness (QED) is 0.638. The van der Waals surface area contributed by atoms with Crippen LogP contribution in [0.5, 0.6) is 0 Å². The summed E-state index contributed by atoms with van der Waals surface area (Å²) in [6, 6.07) is -0.846. The third-order valence-electron chi connectivity index (χ3n) is 3.97. The van der Waals surface area contributed by atoms with Crippen LogP contribution in [-0.4, -0.2) is 52.3 Å². The van der Waals surface area contributed by atoms with Gasteiger partial charge in [-0.05, 0) is 44.4 Å². The highest BCUT2D eigenvalue weighted by atomic mass is 16.4. The summed E-state index contributed by atoms with van der Waals surface area (Å²) in [5, 5.41) is 20.7. The average Bonchev–Trinajstić information content (AvgIpc) is 3.12. The van der Waals surface area contributed by atoms with Crippen LogP contribution in [0, 0.1) is 5.92 Å². The second-order valence-corrected chi connectivity index (χ2v) is 5.46. The summed E-state index contributed by atoms with van der Waals surface area (Å²) in [4.78, 5) is 25.0. The molecule has 2 aliphatic rings. The largest absolute Gasteiger partial charge is 0.480 e. The van der Waals surface area contributed by atoms with Gasteiger partial charge in [0.05, 0.1) is 0 Å². The fourth-order valence-corrected chi connectivity index (χ4v) is 2.42. The number of carbonyl (C=O) groups excluding carboxylic acids is 1. The summed E-state index contributed by atoms with van der Waals surface area (Å²) >= 11 is 0. The minimum absolute atomic E-state index is 0.0431. The summed E-state index contributed by atoms with van der Waals surface area (Å²) in [7, 11) is 0. The van der Waals surface area contributed by atoms with Gasteiger partial charge in [-0.1, -0.05) is 0 Å². The van der Waals surface area contributed by atoms with Crippen molar-refractivity contribution in [2.45, 2.75) is 50.6 Å². The molecular weight excluding hydrogens is 248 g/mol. The molecule has 2 saturated carbocycles. The molecule has 0 bridgehead atoms. The van der Waals surface area contributed by atoms with Crippen molar-refractivity contribution in [2.24, 2.45) is 5.92 Å². The monoisotopic (exact) mass is 270 g/mol. The number of carboxylic acids is 1. The van der Waals surface area contributed by atoms with Crippen LogP contribution in [0.3, 0.4) is 0 Å². The van der Waals surface area contributed by atoms with Crippen molar-refractivity contribution in [2.75, 3.05) is 13.2 Å². The molecule has 19 heavy (non-hydrogen) atoms. The molecule has 6 heteroatoms. The maximum atomic E-state index is 12.2. The Bertz CT molecular complexity index is 340. The van der Waals surface area contributed by atoms with Crippen molar-refractivity contribution in [1.82, 2.24) is 10.2 Å². The summed E-state index contributed by atoms with van der Waals surface area (Å²) in [6.07, 6.45) is 5.33. The van der Waals surface area contributed by atoms with E-state index in [0.717, 1.165) is 32.1 Å². The van der Waals surface area contributed by atoms with Gasteiger partial charge in [0, 0.05) is 19.2 Å². The van der Waals surface area contributed by atoms with Gasteiger partial charge in [0.1, 0.15) is 6.04 Å². The van der Waals surface area contributed by atoms with Gasteiger partial charge in [0.15, 0.2) is 0 Å². The number of amides is 2. The number of aliphatic hydroxyl groups is 1. The number of carboxylic acid groups (broad SMARTS) is 1. The predicted molar refractivity (Wildman–Crippen MR) is 68.7 cm³/mol. The van der Waals surface area contributed by atoms with Crippen molar-refractivity contribution in [3.63, 3.8) is 0 Å². The molecule has 108 valence electrons. The molecule has 6 nitrogen and oxygen atoms in total. The van der Waals surface area contributed by atoms with Gasteiger partial charge in [0.25, 0.3) is 0 Å². The number of aliphatic carboxylic acids is 1. The molecule has 0 aromatic heterocycles. The molecule has 0 aromatic rings. The van der Waals surface area contributed by atoms with E-state index in [9.17, 15) is 9.59 Å². The van der Waals surface area contributed by atoms with Crippen molar-refractivity contribution < 1.29 is 19.8 Å². The Hall–Kier alpha value is -1.30. The Labute approximate surface area is 112 Å². The Morgan fingerprint density at radius 1 is 1.26 bits per heavy atom. The van der Waals surface area contributed by atoms with Gasteiger partial charge >= 0.3 is 12.0 Å². The first-order valence-electron chi connectivity index (χ1n) is 7.04. The standard InChI is InChI=1S/C13H22N2O4/c16-8-2-7-15(10-3-1-4-10)13(19)14-11(12(17)18)9-5-6-9/h9-11,16H,1-8H2,(H,14,19)(H,17,18). The number of aliphatic hydroxyl groups excluding tert-OH is 1. The lowest BCUT2D eigenvalue weighted by atomic mass is 9.91. The first kappa shape index (κ1) is 14.1. The summed E-state index contributed by atoms with van der Waals surface area (Å²) < 4.78 is 0. The topological polar surface area (TPSA) is 89.9 Å². The van der Waals surface area contributed by atoms with Gasteiger partial charge in [-0.2, -0.15) is 0 Å². The van der Waals surface area contributed by atoms with E-state index in [4.69, 9.17) is 10.2 Å². The van der Waals surface area contributed by atoms with Crippen LogP contribution >= 0.6 is 0 Å². The predicted octanol–water partition coefficient (Wildman–Crippen LogP) is 0.796. The van der Waals surface area contributed by atoms with E-state index in [-0.39, 0.29) is 24.6 Å². The zero-order valence-electron chi connectivity index (χ0n) is 11.0. The van der Waals surface area contributed by atoms with Gasteiger partial charge < -0.3 is 20.4 Å². The van der Waals surface area contributed by atoms with E-state index in [1.54, 1.807) is 4.90 Å². The highest BCUT2D eigenvalue weighted by Gasteiger charge is 2.39. The third kappa shape index (κ3) is 3.59. The van der Waals surface area contributed by atoms with E-state index in [2.05, 4.69) is 5.32 Å². The molecule has 1 atom stereocenters. The average molecular weight is 270 g/mol. The zero-order valence-corrected chi connectivity index (χ0v) is 11.0. The van der Waals surface area contributed by atoms with E-state index in [0.29, 0.717) is 13.0 Å². The highest BCUT2D eigenvalue weighted by molar-refractivity contribution is 5.83. The molecule has 0 heterocycles. The van der Waals surface area contributed by atoms with E-state index < -0.39 is 12.0 Å². The minimum atomic E-state index is -0.952. The lowest BCUT2D eigenvalue weighted by Gasteiger charge is -2.38. The normalized spacial score (nSPS) is 20.5. The van der Waals surface area contributed by atoms with E-state index in [1.165, 1.54) is 0 Å². The molecule has 0 radical (unpaired) electrons. The first-order valence-corrected chi connectivity index (χ1v) is 7.04. The Morgan fingerprint density at radius 2 is 1.95 bits per heavy atom. The molecular formula is C13H22N2O4. The number of nitrogens with zero attached hydrogens (tertiary/aromatic N) is 1. The molecule has 1 unspecified atom stereocenters. The van der Waals surface area contributed by atoms with Crippen LogP contribution in [-0.2, 0) is 4.79 Å². The number of nitrogens with one attached hydrogen (secondary N) is 1. The number of hydrogen-bond donors (Lipinski definition) is 3. The van der Waals surface area contributed by atoms with Gasteiger partial charge in [0.2, 0.25) is 0 Å². The molecule has 3 N–H and O–H groups in total. The molecule has 2 aliphatic carbocycles. The zero-order chi connectivity index (χ0) is 13.8. The highest BCUT2D eigenvalue weighted by Crippen LogP contribution is 2.33. The lowest BCUT2D eigenvalue weighted by molar-refractivity contribution is -0.139. The van der Waals surface area contributed by atoms with Crippen LogP contribution < -0.4 is 5.32 Å². The maximum absolute atomic E-state index is 12.2. The second-order valence-electron chi connectivity index (χ2n) is 5.46. The maximum Gasteiger partial charge on any atom is 0.326 e. The van der Waals surface area contributed by atoms with Gasteiger partial charge in [-0.25, -0.2) is 9.59 Å². The molecule has 0 saturated heterocycles. The first-order chi connectivity index (χ1) is 9.13.